The number of nitrogens with zero attached hydrogens (tertiary/aromatic N) is 3. The van der Waals surface area contributed by atoms with E-state index in [-0.39, 0.29) is 18.0 Å². The van der Waals surface area contributed by atoms with Crippen LogP contribution < -0.4 is 9.64 Å². The lowest BCUT2D eigenvalue weighted by molar-refractivity contribution is -0.120. The maximum atomic E-state index is 14.2. The Hall–Kier alpha value is -2.62. The van der Waals surface area contributed by atoms with Crippen LogP contribution >= 0.6 is 11.3 Å². The van der Waals surface area contributed by atoms with Crippen LogP contribution in [0.15, 0.2) is 36.4 Å². The average molecular weight is 462 g/mol. The number of carbonyl (C=O) groups is 1. The summed E-state index contributed by atoms with van der Waals surface area (Å²) < 4.78 is 39.2. The second-order valence-electron chi connectivity index (χ2n) is 7.69. The summed E-state index contributed by atoms with van der Waals surface area (Å²) in [6, 6.07) is 9.47. The molecule has 3 aromatic rings. The number of anilines is 1. The summed E-state index contributed by atoms with van der Waals surface area (Å²) in [6.45, 7) is 6.13. The Morgan fingerprint density at radius 1 is 1.22 bits per heavy atom. The maximum Gasteiger partial charge on any atom is 0.266 e. The van der Waals surface area contributed by atoms with Gasteiger partial charge in [0.05, 0.1) is 17.9 Å². The lowest BCUT2D eigenvalue weighted by atomic mass is 10.2. The van der Waals surface area contributed by atoms with Gasteiger partial charge in [0, 0.05) is 32.2 Å². The number of aromatic nitrogens is 1. The number of morpholine rings is 1. The fraction of sp³-hybridized carbons (Fsp3) is 0.391. The molecule has 1 aliphatic rings. The predicted octanol–water partition coefficient (Wildman–Crippen LogP) is 4.02. The van der Waals surface area contributed by atoms with E-state index >= 15 is 0 Å². The zero-order valence-electron chi connectivity index (χ0n) is 17.9. The molecule has 0 atom stereocenters. The number of amides is 1. The van der Waals surface area contributed by atoms with Crippen LogP contribution in [0.5, 0.6) is 5.75 Å². The van der Waals surface area contributed by atoms with E-state index in [0.717, 1.165) is 42.6 Å². The van der Waals surface area contributed by atoms with Crippen molar-refractivity contribution in [1.82, 2.24) is 9.88 Å². The lowest BCUT2D eigenvalue weighted by Crippen LogP contribution is -2.40. The molecule has 0 radical (unpaired) electrons. The standard InChI is InChI=1S/C23H25F2N3O3S/c1-16-3-5-18(6-4-16)31-15-21(29)28(8-2-7-27-9-11-30-12-10-27)23-26-22-19(25)13-17(24)14-20(22)32-23/h3-6,13-14H,2,7-12,15H2,1H3. The van der Waals surface area contributed by atoms with Crippen LogP contribution in [0.25, 0.3) is 10.2 Å². The highest BCUT2D eigenvalue weighted by Crippen LogP contribution is 2.31. The Bertz CT molecular complexity index is 1070. The van der Waals surface area contributed by atoms with Crippen LogP contribution in [-0.4, -0.2) is 61.8 Å². The quantitative estimate of drug-likeness (QED) is 0.507. The summed E-state index contributed by atoms with van der Waals surface area (Å²) in [5.74, 6) is -1.10. The molecule has 0 N–H and O–H groups in total. The second kappa shape index (κ2) is 10.3. The molecule has 4 rings (SSSR count). The number of thiazole rings is 1. The van der Waals surface area contributed by atoms with Crippen molar-refractivity contribution in [1.29, 1.82) is 0 Å². The van der Waals surface area contributed by atoms with E-state index in [9.17, 15) is 13.6 Å². The van der Waals surface area contributed by atoms with Gasteiger partial charge in [-0.1, -0.05) is 29.0 Å². The molecule has 1 aromatic heterocycles. The molecule has 0 saturated carbocycles. The van der Waals surface area contributed by atoms with E-state index < -0.39 is 11.6 Å². The van der Waals surface area contributed by atoms with E-state index in [1.807, 2.05) is 19.1 Å². The fourth-order valence-electron chi connectivity index (χ4n) is 3.52. The molecule has 1 aliphatic heterocycles. The first-order valence-corrected chi connectivity index (χ1v) is 11.4. The Labute approximate surface area is 189 Å². The van der Waals surface area contributed by atoms with Gasteiger partial charge in [0.1, 0.15) is 17.1 Å². The maximum absolute atomic E-state index is 14.2. The highest BCUT2D eigenvalue weighted by atomic mass is 32.1. The van der Waals surface area contributed by atoms with Gasteiger partial charge in [-0.2, -0.15) is 0 Å². The first-order valence-electron chi connectivity index (χ1n) is 10.5. The van der Waals surface area contributed by atoms with Crippen molar-refractivity contribution in [3.8, 4) is 5.75 Å². The highest BCUT2D eigenvalue weighted by Gasteiger charge is 2.22. The van der Waals surface area contributed by atoms with Crippen LogP contribution in [0.4, 0.5) is 13.9 Å². The first kappa shape index (κ1) is 22.6. The van der Waals surface area contributed by atoms with Crippen molar-refractivity contribution in [3.05, 3.63) is 53.6 Å². The van der Waals surface area contributed by atoms with Crippen molar-refractivity contribution in [3.63, 3.8) is 0 Å². The average Bonchev–Trinajstić information content (AvgIpc) is 3.21. The number of aryl methyl sites for hydroxylation is 1. The van der Waals surface area contributed by atoms with Crippen LogP contribution in [-0.2, 0) is 9.53 Å². The number of halogens is 2. The number of carbonyl (C=O) groups excluding carboxylic acids is 1. The Morgan fingerprint density at radius 3 is 2.72 bits per heavy atom. The van der Waals surface area contributed by atoms with E-state index in [1.54, 1.807) is 12.1 Å². The molecule has 6 nitrogen and oxygen atoms in total. The van der Waals surface area contributed by atoms with Crippen molar-refractivity contribution < 1.29 is 23.0 Å². The third-order valence-electron chi connectivity index (χ3n) is 5.28. The highest BCUT2D eigenvalue weighted by molar-refractivity contribution is 7.22. The molecule has 32 heavy (non-hydrogen) atoms. The fourth-order valence-corrected chi connectivity index (χ4v) is 4.57. The Kier molecular flexibility index (Phi) is 7.29. The molecule has 2 aromatic carbocycles. The topological polar surface area (TPSA) is 54.9 Å². The largest absolute Gasteiger partial charge is 0.484 e. The molecule has 0 spiro atoms. The van der Waals surface area contributed by atoms with Gasteiger partial charge in [-0.15, -0.1) is 0 Å². The van der Waals surface area contributed by atoms with Gasteiger partial charge in [-0.05, 0) is 31.5 Å². The molecule has 9 heteroatoms. The number of fused-ring (bicyclic) bond motifs is 1. The Morgan fingerprint density at radius 2 is 1.97 bits per heavy atom. The Balaban J connectivity index is 1.49. The number of ether oxygens (including phenoxy) is 2. The molecule has 1 amide bonds. The van der Waals surface area contributed by atoms with E-state index in [2.05, 4.69) is 9.88 Å². The zero-order valence-corrected chi connectivity index (χ0v) is 18.7. The minimum absolute atomic E-state index is 0.0665. The van der Waals surface area contributed by atoms with Gasteiger partial charge in [0.25, 0.3) is 5.91 Å². The van der Waals surface area contributed by atoms with Crippen LogP contribution in [0.1, 0.15) is 12.0 Å². The van der Waals surface area contributed by atoms with Crippen molar-refractivity contribution >= 4 is 32.6 Å². The summed E-state index contributed by atoms with van der Waals surface area (Å²) in [5, 5.41) is 0.337. The molecule has 0 unspecified atom stereocenters. The number of hydrogen-bond donors (Lipinski definition) is 0. The van der Waals surface area contributed by atoms with Gasteiger partial charge < -0.3 is 9.47 Å². The number of hydrogen-bond acceptors (Lipinski definition) is 6. The minimum Gasteiger partial charge on any atom is -0.484 e. The third kappa shape index (κ3) is 5.59. The van der Waals surface area contributed by atoms with Crippen molar-refractivity contribution in [2.45, 2.75) is 13.3 Å². The monoisotopic (exact) mass is 461 g/mol. The number of benzene rings is 2. The molecular weight excluding hydrogens is 436 g/mol. The lowest BCUT2D eigenvalue weighted by Gasteiger charge is -2.27. The van der Waals surface area contributed by atoms with Gasteiger partial charge in [-0.3, -0.25) is 14.6 Å². The third-order valence-corrected chi connectivity index (χ3v) is 6.30. The zero-order chi connectivity index (χ0) is 22.5. The van der Waals surface area contributed by atoms with Gasteiger partial charge in [-0.25, -0.2) is 13.8 Å². The summed E-state index contributed by atoms with van der Waals surface area (Å²) in [4.78, 5) is 21.2. The van der Waals surface area contributed by atoms with Crippen LogP contribution in [0.2, 0.25) is 0 Å². The molecule has 0 aliphatic carbocycles. The predicted molar refractivity (Wildman–Crippen MR) is 120 cm³/mol. The smallest absolute Gasteiger partial charge is 0.266 e. The SMILES string of the molecule is Cc1ccc(OCC(=O)N(CCCN2CCOCC2)c2nc3c(F)cc(F)cc3s2)cc1. The van der Waals surface area contributed by atoms with Crippen molar-refractivity contribution in [2.24, 2.45) is 0 Å². The normalized spacial score (nSPS) is 14.6. The van der Waals surface area contributed by atoms with E-state index in [4.69, 9.17) is 9.47 Å². The molecule has 0 bridgehead atoms. The summed E-state index contributed by atoms with van der Waals surface area (Å²) >= 11 is 1.10. The van der Waals surface area contributed by atoms with Crippen LogP contribution in [0, 0.1) is 18.6 Å². The van der Waals surface area contributed by atoms with Gasteiger partial charge >= 0.3 is 0 Å². The van der Waals surface area contributed by atoms with Crippen molar-refractivity contribution in [2.75, 3.05) is 50.9 Å². The molecule has 1 fully saturated rings. The van der Waals surface area contributed by atoms with E-state index in [0.29, 0.717) is 41.8 Å². The summed E-state index contributed by atoms with van der Waals surface area (Å²) in [5.41, 5.74) is 1.16. The molecule has 170 valence electrons. The summed E-state index contributed by atoms with van der Waals surface area (Å²) in [6.07, 6.45) is 0.711. The first-order chi connectivity index (χ1) is 15.5. The van der Waals surface area contributed by atoms with Gasteiger partial charge in [0.2, 0.25) is 0 Å². The number of rotatable bonds is 8. The second-order valence-corrected chi connectivity index (χ2v) is 8.69. The van der Waals surface area contributed by atoms with Crippen LogP contribution in [0.3, 0.4) is 0 Å². The summed E-state index contributed by atoms with van der Waals surface area (Å²) in [7, 11) is 0. The molecular formula is C23H25F2N3O3S. The van der Waals surface area contributed by atoms with Gasteiger partial charge in [0.15, 0.2) is 17.6 Å². The molecule has 2 heterocycles. The molecule has 1 saturated heterocycles. The minimum atomic E-state index is -0.737. The van der Waals surface area contributed by atoms with E-state index in [1.165, 1.54) is 11.0 Å².